The van der Waals surface area contributed by atoms with Crippen LogP contribution in [0.4, 0.5) is 10.5 Å². The molecule has 3 heteroatoms. The van der Waals surface area contributed by atoms with E-state index in [0.717, 1.165) is 16.8 Å². The van der Waals surface area contributed by atoms with Gasteiger partial charge < -0.3 is 11.1 Å². The summed E-state index contributed by atoms with van der Waals surface area (Å²) in [7, 11) is 0. The quantitative estimate of drug-likeness (QED) is 0.822. The van der Waals surface area contributed by atoms with E-state index in [4.69, 9.17) is 5.73 Å². The molecule has 0 bridgehead atoms. The summed E-state index contributed by atoms with van der Waals surface area (Å²) in [5.41, 5.74) is 9.64. The van der Waals surface area contributed by atoms with Gasteiger partial charge in [-0.3, -0.25) is 0 Å². The number of rotatable bonds is 3. The van der Waals surface area contributed by atoms with E-state index in [-0.39, 0.29) is 0 Å². The molecule has 0 heterocycles. The zero-order chi connectivity index (χ0) is 13.2. The first-order valence-corrected chi connectivity index (χ1v) is 6.03. The van der Waals surface area contributed by atoms with Crippen LogP contribution in [0.2, 0.25) is 0 Å². The summed E-state index contributed by atoms with van der Waals surface area (Å²) in [6.45, 7) is 10.5. The Morgan fingerprint density at radius 3 is 1.82 bits per heavy atom. The van der Waals surface area contributed by atoms with E-state index in [9.17, 15) is 4.79 Å². The minimum Gasteiger partial charge on any atom is -0.351 e. The van der Waals surface area contributed by atoms with Crippen LogP contribution < -0.4 is 11.1 Å². The molecule has 0 unspecified atom stereocenters. The fourth-order valence-electron chi connectivity index (χ4n) is 2.02. The van der Waals surface area contributed by atoms with Crippen LogP contribution in [-0.4, -0.2) is 6.03 Å². The first-order valence-electron chi connectivity index (χ1n) is 6.03. The number of amides is 2. The van der Waals surface area contributed by atoms with E-state index in [1.54, 1.807) is 0 Å². The maximum atomic E-state index is 11.1. The number of nitrogens with two attached hydrogens (primary N) is 1. The van der Waals surface area contributed by atoms with E-state index in [1.165, 1.54) is 5.56 Å². The Morgan fingerprint density at radius 1 is 1.12 bits per heavy atom. The molecule has 0 spiro atoms. The molecule has 0 aliphatic carbocycles. The molecular weight excluding hydrogens is 212 g/mol. The topological polar surface area (TPSA) is 55.1 Å². The van der Waals surface area contributed by atoms with Crippen molar-refractivity contribution in [1.29, 1.82) is 0 Å². The Balaban J connectivity index is 3.41. The maximum Gasteiger partial charge on any atom is 0.316 e. The Morgan fingerprint density at radius 2 is 1.53 bits per heavy atom. The van der Waals surface area contributed by atoms with Crippen molar-refractivity contribution in [3.63, 3.8) is 0 Å². The SMILES string of the molecule is Cc1cc(C(C)C)c(NC(N)=O)c(C(C)C)c1. The monoisotopic (exact) mass is 234 g/mol. The molecule has 1 aromatic carbocycles. The summed E-state index contributed by atoms with van der Waals surface area (Å²) in [5.74, 6) is 0.712. The summed E-state index contributed by atoms with van der Waals surface area (Å²) in [6.07, 6.45) is 0. The highest BCUT2D eigenvalue weighted by atomic mass is 16.2. The van der Waals surface area contributed by atoms with Crippen molar-refractivity contribution in [2.45, 2.75) is 46.5 Å². The highest BCUT2D eigenvalue weighted by Gasteiger charge is 2.15. The molecule has 0 aliphatic heterocycles. The number of urea groups is 1. The molecule has 1 aromatic rings. The number of aryl methyl sites for hydroxylation is 1. The Kier molecular flexibility index (Phi) is 4.16. The van der Waals surface area contributed by atoms with Gasteiger partial charge in [0.25, 0.3) is 0 Å². The molecule has 2 amide bonds. The predicted octanol–water partition coefficient (Wildman–Crippen LogP) is 3.73. The lowest BCUT2D eigenvalue weighted by Crippen LogP contribution is -2.22. The van der Waals surface area contributed by atoms with Gasteiger partial charge in [-0.05, 0) is 29.9 Å². The summed E-state index contributed by atoms with van der Waals surface area (Å²) in [6, 6.07) is 3.72. The molecule has 3 N–H and O–H groups in total. The van der Waals surface area contributed by atoms with Gasteiger partial charge in [-0.15, -0.1) is 0 Å². The second-order valence-electron chi connectivity index (χ2n) is 5.12. The molecule has 1 rings (SSSR count). The van der Waals surface area contributed by atoms with Crippen molar-refractivity contribution in [3.8, 4) is 0 Å². The van der Waals surface area contributed by atoms with Crippen molar-refractivity contribution in [2.24, 2.45) is 5.73 Å². The number of anilines is 1. The lowest BCUT2D eigenvalue weighted by atomic mass is 9.90. The maximum absolute atomic E-state index is 11.1. The van der Waals surface area contributed by atoms with Crippen molar-refractivity contribution >= 4 is 11.7 Å². The molecule has 0 atom stereocenters. The van der Waals surface area contributed by atoms with E-state index in [1.807, 2.05) is 0 Å². The van der Waals surface area contributed by atoms with Gasteiger partial charge in [-0.2, -0.15) is 0 Å². The first-order chi connectivity index (χ1) is 7.82. The van der Waals surface area contributed by atoms with Gasteiger partial charge in [0.1, 0.15) is 0 Å². The van der Waals surface area contributed by atoms with Crippen molar-refractivity contribution in [3.05, 3.63) is 28.8 Å². The second kappa shape index (κ2) is 5.21. The van der Waals surface area contributed by atoms with Gasteiger partial charge in [-0.1, -0.05) is 45.4 Å². The van der Waals surface area contributed by atoms with E-state index < -0.39 is 6.03 Å². The third-order valence-corrected chi connectivity index (χ3v) is 2.84. The summed E-state index contributed by atoms with van der Waals surface area (Å²) in [5, 5.41) is 2.77. The molecule has 0 radical (unpaired) electrons. The van der Waals surface area contributed by atoms with Gasteiger partial charge in [0.2, 0.25) is 0 Å². The number of benzene rings is 1. The third kappa shape index (κ3) is 3.22. The van der Waals surface area contributed by atoms with Crippen LogP contribution in [0.1, 0.15) is 56.2 Å². The molecule has 94 valence electrons. The van der Waals surface area contributed by atoms with E-state index in [0.29, 0.717) is 11.8 Å². The number of carbonyl (C=O) groups is 1. The van der Waals surface area contributed by atoms with Gasteiger partial charge in [0.15, 0.2) is 0 Å². The van der Waals surface area contributed by atoms with Gasteiger partial charge in [0.05, 0.1) is 0 Å². The largest absolute Gasteiger partial charge is 0.351 e. The fourth-order valence-corrected chi connectivity index (χ4v) is 2.02. The van der Waals surface area contributed by atoms with Gasteiger partial charge in [-0.25, -0.2) is 4.79 Å². The van der Waals surface area contributed by atoms with Crippen molar-refractivity contribution in [1.82, 2.24) is 0 Å². The predicted molar refractivity (Wildman–Crippen MR) is 72.6 cm³/mol. The Bertz CT molecular complexity index is 393. The van der Waals surface area contributed by atoms with Crippen LogP contribution in [0.25, 0.3) is 0 Å². The number of hydrogen-bond donors (Lipinski definition) is 2. The third-order valence-electron chi connectivity index (χ3n) is 2.84. The smallest absolute Gasteiger partial charge is 0.316 e. The molecule has 0 aliphatic rings. The Hall–Kier alpha value is -1.51. The number of carbonyl (C=O) groups excluding carboxylic acids is 1. The van der Waals surface area contributed by atoms with E-state index in [2.05, 4.69) is 52.1 Å². The zero-order valence-electron chi connectivity index (χ0n) is 11.3. The standard InChI is InChI=1S/C14H22N2O/c1-8(2)11-6-10(5)7-12(9(3)4)13(11)16-14(15)17/h6-9H,1-5H3,(H3,15,16,17). The molecule has 0 saturated carbocycles. The Labute approximate surface area is 103 Å². The van der Waals surface area contributed by atoms with Crippen molar-refractivity contribution in [2.75, 3.05) is 5.32 Å². The minimum atomic E-state index is -0.502. The first kappa shape index (κ1) is 13.6. The van der Waals surface area contributed by atoms with E-state index >= 15 is 0 Å². The molecule has 0 fully saturated rings. The number of nitrogens with one attached hydrogen (secondary N) is 1. The normalized spacial score (nSPS) is 11.0. The minimum absolute atomic E-state index is 0.356. The average molecular weight is 234 g/mol. The van der Waals surface area contributed by atoms with Gasteiger partial charge >= 0.3 is 6.03 Å². The summed E-state index contributed by atoms with van der Waals surface area (Å²) < 4.78 is 0. The van der Waals surface area contributed by atoms with Crippen LogP contribution in [-0.2, 0) is 0 Å². The summed E-state index contributed by atoms with van der Waals surface area (Å²) in [4.78, 5) is 11.1. The molecule has 3 nitrogen and oxygen atoms in total. The van der Waals surface area contributed by atoms with Crippen LogP contribution in [0, 0.1) is 6.92 Å². The van der Waals surface area contributed by atoms with Crippen LogP contribution in [0.3, 0.4) is 0 Å². The second-order valence-corrected chi connectivity index (χ2v) is 5.12. The molecule has 17 heavy (non-hydrogen) atoms. The lowest BCUT2D eigenvalue weighted by molar-refractivity contribution is 0.259. The van der Waals surface area contributed by atoms with Gasteiger partial charge in [0, 0.05) is 5.69 Å². The number of primary amides is 1. The fraction of sp³-hybridized carbons (Fsp3) is 0.500. The zero-order valence-corrected chi connectivity index (χ0v) is 11.3. The molecular formula is C14H22N2O. The van der Waals surface area contributed by atoms with Crippen LogP contribution in [0.5, 0.6) is 0 Å². The average Bonchev–Trinajstić information content (AvgIpc) is 2.18. The summed E-state index contributed by atoms with van der Waals surface area (Å²) >= 11 is 0. The molecule has 0 aromatic heterocycles. The lowest BCUT2D eigenvalue weighted by Gasteiger charge is -2.20. The van der Waals surface area contributed by atoms with Crippen LogP contribution in [0.15, 0.2) is 12.1 Å². The van der Waals surface area contributed by atoms with Crippen molar-refractivity contribution < 1.29 is 4.79 Å². The highest BCUT2D eigenvalue weighted by Crippen LogP contribution is 2.33. The number of hydrogen-bond acceptors (Lipinski definition) is 1. The molecule has 0 saturated heterocycles. The van der Waals surface area contributed by atoms with Crippen LogP contribution >= 0.6 is 0 Å². The highest BCUT2D eigenvalue weighted by molar-refractivity contribution is 5.90.